The number of nitrogens with zero attached hydrogens (tertiary/aromatic N) is 1. The van der Waals surface area contributed by atoms with E-state index >= 15 is 0 Å². The number of amides is 1. The van der Waals surface area contributed by atoms with E-state index in [9.17, 15) is 15.0 Å². The van der Waals surface area contributed by atoms with Gasteiger partial charge in [0.15, 0.2) is 0 Å². The van der Waals surface area contributed by atoms with Crippen molar-refractivity contribution in [2.45, 2.75) is 18.6 Å². The minimum Gasteiger partial charge on any atom is -0.390 e. The number of aliphatic hydroxyl groups excluding tert-OH is 2. The highest BCUT2D eigenvalue weighted by Gasteiger charge is 2.28. The number of rotatable bonds is 2. The second-order valence-electron chi connectivity index (χ2n) is 4.50. The lowest BCUT2D eigenvalue weighted by Gasteiger charge is -2.33. The van der Waals surface area contributed by atoms with Crippen LogP contribution in [-0.2, 0) is 0 Å². The van der Waals surface area contributed by atoms with Gasteiger partial charge in [0.25, 0.3) is 5.91 Å². The number of hydrogen-bond acceptors (Lipinski definition) is 3. The van der Waals surface area contributed by atoms with Crippen LogP contribution in [0.5, 0.6) is 0 Å². The van der Waals surface area contributed by atoms with E-state index in [-0.39, 0.29) is 12.5 Å². The first-order valence-electron chi connectivity index (χ1n) is 5.99. The van der Waals surface area contributed by atoms with Gasteiger partial charge in [0.05, 0.1) is 12.2 Å². The van der Waals surface area contributed by atoms with Gasteiger partial charge in [0.2, 0.25) is 0 Å². The van der Waals surface area contributed by atoms with Gasteiger partial charge in [-0.05, 0) is 24.1 Å². The van der Waals surface area contributed by atoms with Crippen LogP contribution in [0.25, 0.3) is 6.08 Å². The molecule has 0 aliphatic carbocycles. The first kappa shape index (κ1) is 12.8. The minimum absolute atomic E-state index is 0.114. The average molecular weight is 247 g/mol. The maximum atomic E-state index is 12.2. The summed E-state index contributed by atoms with van der Waals surface area (Å²) >= 11 is 0. The predicted molar refractivity (Wildman–Crippen MR) is 69.1 cm³/mol. The Labute approximate surface area is 106 Å². The second-order valence-corrected chi connectivity index (χ2v) is 4.50. The van der Waals surface area contributed by atoms with E-state index in [2.05, 4.69) is 6.58 Å². The van der Waals surface area contributed by atoms with E-state index in [0.29, 0.717) is 18.5 Å². The molecule has 1 aliphatic rings. The minimum atomic E-state index is -0.852. The van der Waals surface area contributed by atoms with E-state index in [1.807, 2.05) is 12.1 Å². The summed E-state index contributed by atoms with van der Waals surface area (Å²) in [4.78, 5) is 13.7. The molecule has 1 amide bonds. The van der Waals surface area contributed by atoms with E-state index < -0.39 is 12.2 Å². The molecule has 18 heavy (non-hydrogen) atoms. The summed E-state index contributed by atoms with van der Waals surface area (Å²) < 4.78 is 0. The number of carbonyl (C=O) groups excluding carboxylic acids is 1. The second kappa shape index (κ2) is 5.33. The Balaban J connectivity index is 2.08. The predicted octanol–water partition coefficient (Wildman–Crippen LogP) is 0.897. The summed E-state index contributed by atoms with van der Waals surface area (Å²) in [5.74, 6) is -0.114. The van der Waals surface area contributed by atoms with Crippen LogP contribution in [-0.4, -0.2) is 46.3 Å². The highest BCUT2D eigenvalue weighted by molar-refractivity contribution is 5.94. The zero-order valence-electron chi connectivity index (χ0n) is 10.1. The Kier molecular flexibility index (Phi) is 3.79. The van der Waals surface area contributed by atoms with Crippen LogP contribution in [0, 0.1) is 0 Å². The molecular weight excluding hydrogens is 230 g/mol. The van der Waals surface area contributed by atoms with Crippen LogP contribution < -0.4 is 0 Å². The van der Waals surface area contributed by atoms with E-state index in [1.54, 1.807) is 23.1 Å². The van der Waals surface area contributed by atoms with Crippen molar-refractivity contribution < 1.29 is 15.0 Å². The monoisotopic (exact) mass is 247 g/mol. The number of aliphatic hydroxyl groups is 2. The maximum Gasteiger partial charge on any atom is 0.253 e. The first-order chi connectivity index (χ1) is 8.61. The van der Waals surface area contributed by atoms with E-state index in [1.165, 1.54) is 0 Å². The standard InChI is InChI=1S/C14H17NO3/c1-2-10-3-5-11(6-4-10)14(18)15-8-7-12(16)13(17)9-15/h2-6,12-13,16-17H,1,7-9H2/t12-,13-/m1/s1. The SMILES string of the molecule is C=Cc1ccc(C(=O)N2CC[C@@H](O)[C@H](O)C2)cc1. The van der Waals surface area contributed by atoms with Crippen LogP contribution in [0.4, 0.5) is 0 Å². The van der Waals surface area contributed by atoms with Gasteiger partial charge in [-0.25, -0.2) is 0 Å². The molecule has 4 nitrogen and oxygen atoms in total. The maximum absolute atomic E-state index is 12.2. The average Bonchev–Trinajstić information content (AvgIpc) is 2.41. The first-order valence-corrected chi connectivity index (χ1v) is 5.99. The van der Waals surface area contributed by atoms with Crippen molar-refractivity contribution >= 4 is 12.0 Å². The Hall–Kier alpha value is -1.65. The lowest BCUT2D eigenvalue weighted by Crippen LogP contribution is -2.48. The number of carbonyl (C=O) groups is 1. The van der Waals surface area contributed by atoms with Crippen molar-refractivity contribution in [3.8, 4) is 0 Å². The van der Waals surface area contributed by atoms with Crippen molar-refractivity contribution in [2.75, 3.05) is 13.1 Å². The number of β-amino-alcohol motifs (C(OH)–C–C–N with tert-alkyl or cyclic N) is 1. The molecule has 1 fully saturated rings. The number of hydrogen-bond donors (Lipinski definition) is 2. The van der Waals surface area contributed by atoms with Crippen molar-refractivity contribution in [3.05, 3.63) is 42.0 Å². The molecule has 1 aromatic rings. The Bertz CT molecular complexity index is 441. The molecule has 0 bridgehead atoms. The molecule has 0 aromatic heterocycles. The fourth-order valence-corrected chi connectivity index (χ4v) is 2.05. The summed E-state index contributed by atoms with van der Waals surface area (Å²) in [7, 11) is 0. The topological polar surface area (TPSA) is 60.8 Å². The van der Waals surface area contributed by atoms with Gasteiger partial charge in [0.1, 0.15) is 0 Å². The van der Waals surface area contributed by atoms with E-state index in [4.69, 9.17) is 0 Å². The third kappa shape index (κ3) is 2.60. The molecule has 0 spiro atoms. The zero-order chi connectivity index (χ0) is 13.1. The number of piperidine rings is 1. The third-order valence-electron chi connectivity index (χ3n) is 3.23. The van der Waals surface area contributed by atoms with Crippen molar-refractivity contribution in [2.24, 2.45) is 0 Å². The molecular formula is C14H17NO3. The Morgan fingerprint density at radius 3 is 2.50 bits per heavy atom. The van der Waals surface area contributed by atoms with Crippen LogP contribution in [0.15, 0.2) is 30.8 Å². The van der Waals surface area contributed by atoms with Crippen molar-refractivity contribution in [1.82, 2.24) is 4.90 Å². The molecule has 1 aromatic carbocycles. The van der Waals surface area contributed by atoms with Crippen molar-refractivity contribution in [3.63, 3.8) is 0 Å². The lowest BCUT2D eigenvalue weighted by atomic mass is 10.0. The van der Waals surface area contributed by atoms with Gasteiger partial charge in [-0.15, -0.1) is 0 Å². The molecule has 1 saturated heterocycles. The molecule has 0 unspecified atom stereocenters. The molecule has 0 saturated carbocycles. The number of benzene rings is 1. The summed E-state index contributed by atoms with van der Waals surface area (Å²) in [6, 6.07) is 7.15. The zero-order valence-corrected chi connectivity index (χ0v) is 10.1. The smallest absolute Gasteiger partial charge is 0.253 e. The molecule has 0 radical (unpaired) electrons. The number of likely N-dealkylation sites (tertiary alicyclic amines) is 1. The normalized spacial score (nSPS) is 23.8. The van der Waals surface area contributed by atoms with Gasteiger partial charge in [-0.1, -0.05) is 24.8 Å². The molecule has 96 valence electrons. The highest BCUT2D eigenvalue weighted by atomic mass is 16.3. The lowest BCUT2D eigenvalue weighted by molar-refractivity contribution is -0.0321. The van der Waals surface area contributed by atoms with Crippen molar-refractivity contribution in [1.29, 1.82) is 0 Å². The van der Waals surface area contributed by atoms with Gasteiger partial charge in [-0.3, -0.25) is 4.79 Å². The molecule has 1 aliphatic heterocycles. The van der Waals surface area contributed by atoms with E-state index in [0.717, 1.165) is 5.56 Å². The summed E-state index contributed by atoms with van der Waals surface area (Å²) in [6.07, 6.45) is 0.555. The fraction of sp³-hybridized carbons (Fsp3) is 0.357. The van der Waals surface area contributed by atoms with Gasteiger partial charge >= 0.3 is 0 Å². The molecule has 4 heteroatoms. The van der Waals surface area contributed by atoms with Crippen LogP contribution >= 0.6 is 0 Å². The van der Waals surface area contributed by atoms with Gasteiger partial charge < -0.3 is 15.1 Å². The molecule has 1 heterocycles. The molecule has 2 N–H and O–H groups in total. The summed E-state index contributed by atoms with van der Waals surface area (Å²) in [6.45, 7) is 4.31. The highest BCUT2D eigenvalue weighted by Crippen LogP contribution is 2.15. The van der Waals surface area contributed by atoms with Crippen LogP contribution in [0.2, 0.25) is 0 Å². The van der Waals surface area contributed by atoms with Crippen LogP contribution in [0.3, 0.4) is 0 Å². The molecule has 2 atom stereocenters. The molecule has 2 rings (SSSR count). The van der Waals surface area contributed by atoms with Gasteiger partial charge in [0, 0.05) is 18.7 Å². The Morgan fingerprint density at radius 1 is 1.28 bits per heavy atom. The van der Waals surface area contributed by atoms with Crippen LogP contribution in [0.1, 0.15) is 22.3 Å². The van der Waals surface area contributed by atoms with Gasteiger partial charge in [-0.2, -0.15) is 0 Å². The quantitative estimate of drug-likeness (QED) is 0.816. The fourth-order valence-electron chi connectivity index (χ4n) is 2.05. The third-order valence-corrected chi connectivity index (χ3v) is 3.23. The largest absolute Gasteiger partial charge is 0.390 e. The summed E-state index contributed by atoms with van der Waals surface area (Å²) in [5.41, 5.74) is 1.55. The Morgan fingerprint density at radius 2 is 1.94 bits per heavy atom. The summed E-state index contributed by atoms with van der Waals surface area (Å²) in [5, 5.41) is 19.0.